The molecule has 1 aliphatic rings. The van der Waals surface area contributed by atoms with Gasteiger partial charge >= 0.3 is 0 Å². The van der Waals surface area contributed by atoms with Crippen LogP contribution in [-0.2, 0) is 0 Å². The van der Waals surface area contributed by atoms with Crippen LogP contribution in [0.15, 0.2) is 18.2 Å². The minimum atomic E-state index is 0.185. The molecule has 1 heterocycles. The van der Waals surface area contributed by atoms with E-state index in [1.165, 1.54) is 6.42 Å². The second-order valence-electron chi connectivity index (χ2n) is 5.31. The summed E-state index contributed by atoms with van der Waals surface area (Å²) in [5, 5.41) is 3.38. The molecule has 3 nitrogen and oxygen atoms in total. The van der Waals surface area contributed by atoms with Gasteiger partial charge in [0.15, 0.2) is 0 Å². The number of piperidine rings is 1. The van der Waals surface area contributed by atoms with Crippen molar-refractivity contribution in [2.24, 2.45) is 0 Å². The molecular weight excluding hydrogens is 236 g/mol. The van der Waals surface area contributed by atoms with Crippen LogP contribution in [0.5, 0.6) is 0 Å². The molecule has 0 aromatic heterocycles. The van der Waals surface area contributed by atoms with Crippen LogP contribution in [0.2, 0.25) is 0 Å². The van der Waals surface area contributed by atoms with Crippen molar-refractivity contribution in [1.82, 2.24) is 4.90 Å². The van der Waals surface area contributed by atoms with Gasteiger partial charge in [-0.05, 0) is 56.4 Å². The van der Waals surface area contributed by atoms with Crippen molar-refractivity contribution in [1.29, 1.82) is 0 Å². The van der Waals surface area contributed by atoms with Crippen LogP contribution in [0.25, 0.3) is 0 Å². The summed E-state index contributed by atoms with van der Waals surface area (Å²) in [6, 6.07) is 5.99. The van der Waals surface area contributed by atoms with E-state index in [0.29, 0.717) is 0 Å². The molecule has 1 amide bonds. The van der Waals surface area contributed by atoms with E-state index in [9.17, 15) is 4.79 Å². The average Bonchev–Trinajstić information content (AvgIpc) is 2.46. The Morgan fingerprint density at radius 2 is 2.00 bits per heavy atom. The SMILES string of the molecule is CCCNc1ccc(C(=O)N2CCCCC2)cc1C. The van der Waals surface area contributed by atoms with E-state index in [-0.39, 0.29) is 5.91 Å². The zero-order valence-electron chi connectivity index (χ0n) is 12.0. The molecular formula is C16H24N2O. The highest BCUT2D eigenvalue weighted by Crippen LogP contribution is 2.19. The van der Waals surface area contributed by atoms with Gasteiger partial charge in [0.1, 0.15) is 0 Å². The van der Waals surface area contributed by atoms with Gasteiger partial charge in [0.2, 0.25) is 0 Å². The number of benzene rings is 1. The predicted octanol–water partition coefficient (Wildman–Crippen LogP) is 3.44. The van der Waals surface area contributed by atoms with Crippen molar-refractivity contribution in [2.45, 2.75) is 39.5 Å². The molecule has 104 valence electrons. The van der Waals surface area contributed by atoms with E-state index >= 15 is 0 Å². The van der Waals surface area contributed by atoms with E-state index in [1.54, 1.807) is 0 Å². The van der Waals surface area contributed by atoms with Crippen LogP contribution < -0.4 is 5.32 Å². The minimum Gasteiger partial charge on any atom is -0.385 e. The summed E-state index contributed by atoms with van der Waals surface area (Å²) in [5.41, 5.74) is 3.11. The standard InChI is InChI=1S/C16H24N2O/c1-3-9-17-15-8-7-14(12-13(15)2)16(19)18-10-5-4-6-11-18/h7-8,12,17H,3-6,9-11H2,1-2H3. The van der Waals surface area contributed by atoms with Crippen LogP contribution in [0, 0.1) is 6.92 Å². The normalized spacial score (nSPS) is 15.4. The van der Waals surface area contributed by atoms with Crippen LogP contribution in [0.4, 0.5) is 5.69 Å². The number of nitrogens with zero attached hydrogens (tertiary/aromatic N) is 1. The van der Waals surface area contributed by atoms with Crippen LogP contribution in [-0.4, -0.2) is 30.4 Å². The first-order valence-corrected chi connectivity index (χ1v) is 7.36. The highest BCUT2D eigenvalue weighted by molar-refractivity contribution is 5.95. The minimum absolute atomic E-state index is 0.185. The quantitative estimate of drug-likeness (QED) is 0.899. The van der Waals surface area contributed by atoms with Gasteiger partial charge in [-0.3, -0.25) is 4.79 Å². The van der Waals surface area contributed by atoms with Gasteiger partial charge < -0.3 is 10.2 Å². The number of aryl methyl sites for hydroxylation is 1. The van der Waals surface area contributed by atoms with Gasteiger partial charge in [-0.25, -0.2) is 0 Å². The fraction of sp³-hybridized carbons (Fsp3) is 0.562. The summed E-state index contributed by atoms with van der Waals surface area (Å²) in [4.78, 5) is 14.4. The molecule has 1 aromatic carbocycles. The lowest BCUT2D eigenvalue weighted by atomic mass is 10.1. The zero-order valence-corrected chi connectivity index (χ0v) is 12.0. The van der Waals surface area contributed by atoms with Crippen molar-refractivity contribution in [3.05, 3.63) is 29.3 Å². The first-order chi connectivity index (χ1) is 9.22. The van der Waals surface area contributed by atoms with Crippen LogP contribution in [0.3, 0.4) is 0 Å². The van der Waals surface area contributed by atoms with Crippen LogP contribution in [0.1, 0.15) is 48.5 Å². The second kappa shape index (κ2) is 6.60. The van der Waals surface area contributed by atoms with E-state index in [0.717, 1.165) is 55.7 Å². The first-order valence-electron chi connectivity index (χ1n) is 7.36. The first kappa shape index (κ1) is 13.9. The van der Waals surface area contributed by atoms with E-state index in [4.69, 9.17) is 0 Å². The molecule has 0 aliphatic carbocycles. The number of anilines is 1. The maximum absolute atomic E-state index is 12.4. The predicted molar refractivity (Wildman–Crippen MR) is 79.7 cm³/mol. The lowest BCUT2D eigenvalue weighted by Gasteiger charge is -2.27. The Morgan fingerprint density at radius 3 is 2.63 bits per heavy atom. The van der Waals surface area contributed by atoms with Crippen molar-refractivity contribution in [3.63, 3.8) is 0 Å². The third-order valence-electron chi connectivity index (χ3n) is 3.68. The van der Waals surface area contributed by atoms with Gasteiger partial charge in [0, 0.05) is 30.9 Å². The van der Waals surface area contributed by atoms with E-state index < -0.39 is 0 Å². The Bertz CT molecular complexity index is 436. The number of rotatable bonds is 4. The Morgan fingerprint density at radius 1 is 1.26 bits per heavy atom. The molecule has 0 atom stereocenters. The summed E-state index contributed by atoms with van der Waals surface area (Å²) >= 11 is 0. The van der Waals surface area contributed by atoms with Crippen molar-refractivity contribution < 1.29 is 4.79 Å². The molecule has 2 rings (SSSR count). The average molecular weight is 260 g/mol. The van der Waals surface area contributed by atoms with E-state index in [2.05, 4.69) is 19.2 Å². The van der Waals surface area contributed by atoms with Gasteiger partial charge in [-0.15, -0.1) is 0 Å². The number of carbonyl (C=O) groups is 1. The Kier molecular flexibility index (Phi) is 4.83. The van der Waals surface area contributed by atoms with Crippen molar-refractivity contribution in [3.8, 4) is 0 Å². The Hall–Kier alpha value is -1.51. The van der Waals surface area contributed by atoms with Crippen LogP contribution >= 0.6 is 0 Å². The monoisotopic (exact) mass is 260 g/mol. The zero-order chi connectivity index (χ0) is 13.7. The smallest absolute Gasteiger partial charge is 0.253 e. The molecule has 0 radical (unpaired) electrons. The number of hydrogen-bond acceptors (Lipinski definition) is 2. The summed E-state index contributed by atoms with van der Waals surface area (Å²) < 4.78 is 0. The molecule has 0 spiro atoms. The fourth-order valence-electron chi connectivity index (χ4n) is 2.53. The molecule has 0 bridgehead atoms. The lowest BCUT2D eigenvalue weighted by Crippen LogP contribution is -2.35. The maximum atomic E-state index is 12.4. The fourth-order valence-corrected chi connectivity index (χ4v) is 2.53. The largest absolute Gasteiger partial charge is 0.385 e. The van der Waals surface area contributed by atoms with Gasteiger partial charge in [0.05, 0.1) is 0 Å². The highest BCUT2D eigenvalue weighted by atomic mass is 16.2. The molecule has 0 saturated carbocycles. The summed E-state index contributed by atoms with van der Waals surface area (Å²) in [7, 11) is 0. The van der Waals surface area contributed by atoms with Crippen molar-refractivity contribution in [2.75, 3.05) is 25.0 Å². The second-order valence-corrected chi connectivity index (χ2v) is 5.31. The molecule has 19 heavy (non-hydrogen) atoms. The number of carbonyl (C=O) groups excluding carboxylic acids is 1. The molecule has 3 heteroatoms. The van der Waals surface area contributed by atoms with Gasteiger partial charge in [-0.1, -0.05) is 6.92 Å². The highest BCUT2D eigenvalue weighted by Gasteiger charge is 2.18. The Labute approximate surface area is 116 Å². The number of nitrogens with one attached hydrogen (secondary N) is 1. The molecule has 1 aliphatic heterocycles. The molecule has 1 aromatic rings. The third-order valence-corrected chi connectivity index (χ3v) is 3.68. The molecule has 1 saturated heterocycles. The summed E-state index contributed by atoms with van der Waals surface area (Å²) in [6.45, 7) is 7.00. The molecule has 1 fully saturated rings. The van der Waals surface area contributed by atoms with Crippen molar-refractivity contribution >= 4 is 11.6 Å². The van der Waals surface area contributed by atoms with Gasteiger partial charge in [-0.2, -0.15) is 0 Å². The topological polar surface area (TPSA) is 32.3 Å². The molecule has 0 unspecified atom stereocenters. The number of likely N-dealkylation sites (tertiary alicyclic amines) is 1. The summed E-state index contributed by atoms with van der Waals surface area (Å²) in [5.74, 6) is 0.185. The third kappa shape index (κ3) is 3.49. The molecule has 1 N–H and O–H groups in total. The lowest BCUT2D eigenvalue weighted by molar-refractivity contribution is 0.0724. The van der Waals surface area contributed by atoms with Gasteiger partial charge in [0.25, 0.3) is 5.91 Å². The number of amides is 1. The number of hydrogen-bond donors (Lipinski definition) is 1. The maximum Gasteiger partial charge on any atom is 0.253 e. The van der Waals surface area contributed by atoms with E-state index in [1.807, 2.05) is 23.1 Å². The Balaban J connectivity index is 2.07. The summed E-state index contributed by atoms with van der Waals surface area (Å²) in [6.07, 6.45) is 4.64.